The number of hydrogen-bond donors (Lipinski definition) is 0. The maximum absolute atomic E-state index is 13.0. The number of methoxy groups -OCH3 is 1. The largest absolute Gasteiger partial charge is 0.493 e. The summed E-state index contributed by atoms with van der Waals surface area (Å²) in [4.78, 5) is 14.9. The van der Waals surface area contributed by atoms with Crippen molar-refractivity contribution >= 4 is 69.2 Å². The van der Waals surface area contributed by atoms with Crippen LogP contribution >= 0.6 is 47.2 Å². The molecule has 2 aromatic rings. The molecule has 0 radical (unpaired) electrons. The van der Waals surface area contributed by atoms with Crippen molar-refractivity contribution in [1.29, 1.82) is 0 Å². The molecular formula is C21H19Cl2NO3S2. The first kappa shape index (κ1) is 22.0. The topological polar surface area (TPSA) is 38.8 Å². The summed E-state index contributed by atoms with van der Waals surface area (Å²) in [5, 5.41) is 0.856. The summed E-state index contributed by atoms with van der Waals surface area (Å²) in [7, 11) is 1.59. The highest BCUT2D eigenvalue weighted by Crippen LogP contribution is 2.40. The Hall–Kier alpha value is -1.73. The first-order valence-corrected chi connectivity index (χ1v) is 10.9. The molecule has 0 bridgehead atoms. The number of amides is 1. The predicted molar refractivity (Wildman–Crippen MR) is 125 cm³/mol. The van der Waals surface area contributed by atoms with E-state index in [1.165, 1.54) is 16.7 Å². The summed E-state index contributed by atoms with van der Waals surface area (Å²) in [6, 6.07) is 10.5. The van der Waals surface area contributed by atoms with Crippen molar-refractivity contribution in [1.82, 2.24) is 0 Å². The number of thiocarbonyl (C=S) groups is 1. The summed E-state index contributed by atoms with van der Waals surface area (Å²) >= 11 is 18.8. The second-order valence-electron chi connectivity index (χ2n) is 6.36. The first-order valence-electron chi connectivity index (χ1n) is 8.91. The minimum atomic E-state index is -0.233. The summed E-state index contributed by atoms with van der Waals surface area (Å²) in [5.74, 6) is 1.04. The van der Waals surface area contributed by atoms with Crippen molar-refractivity contribution in [2.24, 2.45) is 0 Å². The number of nitrogens with zero attached hydrogens (tertiary/aromatic N) is 1. The van der Waals surface area contributed by atoms with Gasteiger partial charge in [-0.25, -0.2) is 0 Å². The molecule has 0 aliphatic carbocycles. The molecule has 1 aliphatic rings. The molecule has 1 heterocycles. The van der Waals surface area contributed by atoms with Gasteiger partial charge in [-0.2, -0.15) is 0 Å². The Morgan fingerprint density at radius 1 is 1.21 bits per heavy atom. The lowest BCUT2D eigenvalue weighted by Crippen LogP contribution is -2.27. The van der Waals surface area contributed by atoms with Gasteiger partial charge in [-0.3, -0.25) is 9.69 Å². The molecule has 0 saturated carbocycles. The van der Waals surface area contributed by atoms with Gasteiger partial charge in [0.05, 0.1) is 28.8 Å². The zero-order valence-corrected chi connectivity index (χ0v) is 19.2. The van der Waals surface area contributed by atoms with Gasteiger partial charge >= 0.3 is 0 Å². The minimum Gasteiger partial charge on any atom is -0.493 e. The fraction of sp³-hybridized carbons (Fsp3) is 0.238. The summed E-state index contributed by atoms with van der Waals surface area (Å²) in [6.45, 7) is 4.06. The van der Waals surface area contributed by atoms with Crippen molar-refractivity contribution < 1.29 is 14.3 Å². The highest BCUT2D eigenvalue weighted by Gasteiger charge is 2.34. The molecule has 152 valence electrons. The molecule has 3 rings (SSSR count). The Bertz CT molecular complexity index is 994. The van der Waals surface area contributed by atoms with Gasteiger partial charge in [-0.1, -0.05) is 60.2 Å². The van der Waals surface area contributed by atoms with Crippen LogP contribution in [0.25, 0.3) is 6.08 Å². The van der Waals surface area contributed by atoms with Gasteiger partial charge in [0.2, 0.25) is 0 Å². The summed E-state index contributed by atoms with van der Waals surface area (Å²) < 4.78 is 11.7. The van der Waals surface area contributed by atoms with E-state index >= 15 is 0 Å². The lowest BCUT2D eigenvalue weighted by molar-refractivity contribution is -0.113. The lowest BCUT2D eigenvalue weighted by atomic mass is 10.1. The van der Waals surface area contributed by atoms with Crippen molar-refractivity contribution in [2.75, 3.05) is 12.0 Å². The van der Waals surface area contributed by atoms with Crippen LogP contribution in [0.5, 0.6) is 11.5 Å². The predicted octanol–water partition coefficient (Wildman–Crippen LogP) is 6.59. The van der Waals surface area contributed by atoms with Gasteiger partial charge in [-0.15, -0.1) is 0 Å². The van der Waals surface area contributed by atoms with Crippen LogP contribution in [0.4, 0.5) is 5.69 Å². The van der Waals surface area contributed by atoms with E-state index in [2.05, 4.69) is 6.92 Å². The fourth-order valence-corrected chi connectivity index (χ4v) is 4.44. The number of ether oxygens (including phenoxy) is 2. The van der Waals surface area contributed by atoms with Crippen molar-refractivity contribution in [3.05, 3.63) is 56.9 Å². The van der Waals surface area contributed by atoms with Crippen molar-refractivity contribution in [3.63, 3.8) is 0 Å². The maximum Gasteiger partial charge on any atom is 0.270 e. The van der Waals surface area contributed by atoms with Crippen LogP contribution < -0.4 is 14.4 Å². The molecule has 1 fully saturated rings. The molecule has 2 aromatic carbocycles. The Morgan fingerprint density at radius 2 is 1.97 bits per heavy atom. The average Bonchev–Trinajstić information content (AvgIpc) is 2.96. The Labute approximate surface area is 189 Å². The minimum absolute atomic E-state index is 0.0788. The highest BCUT2D eigenvalue weighted by atomic mass is 35.5. The number of rotatable bonds is 6. The summed E-state index contributed by atoms with van der Waals surface area (Å²) in [6.07, 6.45) is 2.74. The molecule has 8 heteroatoms. The van der Waals surface area contributed by atoms with E-state index < -0.39 is 0 Å². The zero-order valence-electron chi connectivity index (χ0n) is 16.1. The van der Waals surface area contributed by atoms with Crippen LogP contribution in [-0.4, -0.2) is 23.4 Å². The van der Waals surface area contributed by atoms with Crippen LogP contribution in [0.15, 0.2) is 41.3 Å². The van der Waals surface area contributed by atoms with E-state index in [1.807, 2.05) is 25.1 Å². The van der Waals surface area contributed by atoms with E-state index in [0.717, 1.165) is 12.0 Å². The molecule has 29 heavy (non-hydrogen) atoms. The third-order valence-electron chi connectivity index (χ3n) is 4.33. The Balaban J connectivity index is 1.89. The molecule has 0 unspecified atom stereocenters. The molecule has 1 amide bonds. The van der Waals surface area contributed by atoms with Gasteiger partial charge in [0, 0.05) is 5.02 Å². The second kappa shape index (κ2) is 9.39. The fourth-order valence-electron chi connectivity index (χ4n) is 2.66. The molecule has 0 spiro atoms. The molecule has 4 nitrogen and oxygen atoms in total. The highest BCUT2D eigenvalue weighted by molar-refractivity contribution is 8.27. The Morgan fingerprint density at radius 3 is 2.62 bits per heavy atom. The normalized spacial score (nSPS) is 16.4. The van der Waals surface area contributed by atoms with E-state index in [0.29, 0.717) is 36.5 Å². The third-order valence-corrected chi connectivity index (χ3v) is 6.17. The quantitative estimate of drug-likeness (QED) is 0.354. The van der Waals surface area contributed by atoms with Gasteiger partial charge in [0.1, 0.15) is 0 Å². The number of carbonyl (C=O) groups is 1. The maximum atomic E-state index is 13.0. The molecule has 1 aliphatic heterocycles. The van der Waals surface area contributed by atoms with E-state index in [1.54, 1.807) is 31.4 Å². The van der Waals surface area contributed by atoms with E-state index in [9.17, 15) is 4.79 Å². The van der Waals surface area contributed by atoms with Crippen LogP contribution in [0.1, 0.15) is 25.8 Å². The zero-order chi connectivity index (χ0) is 21.1. The third kappa shape index (κ3) is 4.89. The number of benzene rings is 2. The lowest BCUT2D eigenvalue weighted by Gasteiger charge is -2.16. The molecule has 1 atom stereocenters. The number of halogens is 2. The van der Waals surface area contributed by atoms with Crippen molar-refractivity contribution in [3.8, 4) is 11.5 Å². The van der Waals surface area contributed by atoms with Crippen LogP contribution in [0.3, 0.4) is 0 Å². The Kier molecular flexibility index (Phi) is 7.11. The van der Waals surface area contributed by atoms with Crippen LogP contribution in [-0.2, 0) is 4.79 Å². The smallest absolute Gasteiger partial charge is 0.270 e. The molecule has 0 aromatic heterocycles. The average molecular weight is 468 g/mol. The van der Waals surface area contributed by atoms with Gasteiger partial charge < -0.3 is 9.47 Å². The number of thioether (sulfide) groups is 1. The first-order chi connectivity index (χ1) is 13.8. The molecule has 1 saturated heterocycles. The van der Waals surface area contributed by atoms with Crippen LogP contribution in [0.2, 0.25) is 10.0 Å². The van der Waals surface area contributed by atoms with E-state index in [-0.39, 0.29) is 12.0 Å². The number of hydrogen-bond acceptors (Lipinski definition) is 5. The number of carbonyl (C=O) groups excluding carboxylic acids is 1. The standard InChI is InChI=1S/C21H19Cl2NO3S2/c1-4-12(2)27-17-8-5-13(9-18(17)26-3)10-19-20(25)24(21(28)29-19)16-7-6-14(22)11-15(16)23/h5-12H,4H2,1-3H3/b19-10+/t12-/m0/s1. The van der Waals surface area contributed by atoms with Crippen LogP contribution in [0, 0.1) is 0 Å². The second-order valence-corrected chi connectivity index (χ2v) is 8.88. The van der Waals surface area contributed by atoms with Gasteiger partial charge in [0.25, 0.3) is 5.91 Å². The van der Waals surface area contributed by atoms with Gasteiger partial charge in [0.15, 0.2) is 15.8 Å². The van der Waals surface area contributed by atoms with Gasteiger partial charge in [-0.05, 0) is 55.3 Å². The van der Waals surface area contributed by atoms with Crippen molar-refractivity contribution in [2.45, 2.75) is 26.4 Å². The molecular weight excluding hydrogens is 449 g/mol. The SMILES string of the molecule is CC[C@H](C)Oc1ccc(/C=C2/SC(=S)N(c3ccc(Cl)cc3Cl)C2=O)cc1OC. The molecule has 0 N–H and O–H groups in total. The monoisotopic (exact) mass is 467 g/mol. The van der Waals surface area contributed by atoms with E-state index in [4.69, 9.17) is 44.9 Å². The number of anilines is 1. The summed E-state index contributed by atoms with van der Waals surface area (Å²) in [5.41, 5.74) is 1.32.